The number of anilines is 1. The molecule has 23 heavy (non-hydrogen) atoms. The van der Waals surface area contributed by atoms with E-state index in [1.807, 2.05) is 23.6 Å². The Balaban J connectivity index is 1.58. The second kappa shape index (κ2) is 6.06. The highest BCUT2D eigenvalue weighted by atomic mass is 32.1. The summed E-state index contributed by atoms with van der Waals surface area (Å²) in [4.78, 5) is 15.6. The molecule has 0 radical (unpaired) electrons. The molecular weight excluding hydrogens is 324 g/mol. The van der Waals surface area contributed by atoms with Gasteiger partial charge in [-0.15, -0.1) is 22.7 Å². The van der Waals surface area contributed by atoms with Crippen LogP contribution in [0.1, 0.15) is 10.6 Å². The minimum absolute atomic E-state index is 0.721. The van der Waals surface area contributed by atoms with E-state index in [0.717, 1.165) is 38.8 Å². The summed E-state index contributed by atoms with van der Waals surface area (Å²) in [7, 11) is 0. The van der Waals surface area contributed by atoms with E-state index in [1.165, 1.54) is 4.88 Å². The van der Waals surface area contributed by atoms with Gasteiger partial charge in [-0.05, 0) is 18.4 Å². The normalized spacial score (nSPS) is 11.0. The first kappa shape index (κ1) is 14.3. The fraction of sp³-hybridized carbons (Fsp3) is 0.118. The molecule has 0 aliphatic carbocycles. The summed E-state index contributed by atoms with van der Waals surface area (Å²) in [6.45, 7) is 2.78. The zero-order valence-corrected chi connectivity index (χ0v) is 14.1. The molecular formula is C17H14N4S2. The molecule has 4 nitrogen and oxygen atoms in total. The zero-order valence-electron chi connectivity index (χ0n) is 12.5. The molecule has 0 saturated heterocycles. The maximum absolute atomic E-state index is 4.69. The molecule has 1 aromatic carbocycles. The third kappa shape index (κ3) is 2.83. The van der Waals surface area contributed by atoms with Crippen molar-refractivity contribution in [3.05, 3.63) is 58.7 Å². The van der Waals surface area contributed by atoms with Crippen molar-refractivity contribution in [3.63, 3.8) is 0 Å². The lowest BCUT2D eigenvalue weighted by Gasteiger charge is -2.05. The zero-order chi connectivity index (χ0) is 15.6. The number of aromatic nitrogens is 3. The van der Waals surface area contributed by atoms with Gasteiger partial charge in [0.25, 0.3) is 0 Å². The number of rotatable bonds is 4. The molecule has 1 N–H and O–H groups in total. The molecule has 0 aliphatic heterocycles. The van der Waals surface area contributed by atoms with Crippen molar-refractivity contribution in [3.8, 4) is 10.6 Å². The van der Waals surface area contributed by atoms with Crippen molar-refractivity contribution in [1.82, 2.24) is 15.0 Å². The van der Waals surface area contributed by atoms with Crippen molar-refractivity contribution >= 4 is 38.7 Å². The highest BCUT2D eigenvalue weighted by Crippen LogP contribution is 2.29. The van der Waals surface area contributed by atoms with Crippen LogP contribution in [0.15, 0.2) is 48.1 Å². The summed E-state index contributed by atoms with van der Waals surface area (Å²) in [5, 5.41) is 7.59. The van der Waals surface area contributed by atoms with E-state index in [2.05, 4.69) is 40.4 Å². The van der Waals surface area contributed by atoms with Gasteiger partial charge < -0.3 is 5.32 Å². The summed E-state index contributed by atoms with van der Waals surface area (Å²) in [6, 6.07) is 12.3. The van der Waals surface area contributed by atoms with E-state index in [9.17, 15) is 0 Å². The molecule has 114 valence electrons. The average Bonchev–Trinajstić information content (AvgIpc) is 3.20. The van der Waals surface area contributed by atoms with Gasteiger partial charge in [0.1, 0.15) is 22.0 Å². The quantitative estimate of drug-likeness (QED) is 0.584. The predicted molar refractivity (Wildman–Crippen MR) is 97.0 cm³/mol. The van der Waals surface area contributed by atoms with Gasteiger partial charge in [0.15, 0.2) is 0 Å². The molecule has 0 unspecified atom stereocenters. The first-order chi connectivity index (χ1) is 11.3. The fourth-order valence-electron chi connectivity index (χ4n) is 2.39. The van der Waals surface area contributed by atoms with Crippen LogP contribution < -0.4 is 5.32 Å². The molecule has 0 fully saturated rings. The molecule has 6 heteroatoms. The van der Waals surface area contributed by atoms with E-state index >= 15 is 0 Å². The van der Waals surface area contributed by atoms with Crippen molar-refractivity contribution in [2.45, 2.75) is 13.5 Å². The van der Waals surface area contributed by atoms with Crippen LogP contribution in [0, 0.1) is 6.92 Å². The van der Waals surface area contributed by atoms with Gasteiger partial charge in [-0.25, -0.2) is 15.0 Å². The lowest BCUT2D eigenvalue weighted by Crippen LogP contribution is -2.01. The van der Waals surface area contributed by atoms with Gasteiger partial charge in [-0.2, -0.15) is 0 Å². The van der Waals surface area contributed by atoms with Gasteiger partial charge in [-0.1, -0.05) is 30.3 Å². The van der Waals surface area contributed by atoms with Gasteiger partial charge in [0.05, 0.1) is 17.6 Å². The second-order valence-electron chi connectivity index (χ2n) is 5.11. The number of nitrogens with one attached hydrogen (secondary N) is 1. The Morgan fingerprint density at radius 3 is 2.83 bits per heavy atom. The monoisotopic (exact) mass is 338 g/mol. The summed E-state index contributed by atoms with van der Waals surface area (Å²) in [5.74, 6) is 0.880. The first-order valence-corrected chi connectivity index (χ1v) is 8.94. The summed E-state index contributed by atoms with van der Waals surface area (Å²) >= 11 is 3.35. The van der Waals surface area contributed by atoms with Crippen LogP contribution in [0.2, 0.25) is 0 Å². The van der Waals surface area contributed by atoms with E-state index in [1.54, 1.807) is 29.0 Å². The molecule has 0 saturated carbocycles. The fourth-order valence-corrected chi connectivity index (χ4v) is 4.13. The smallest absolute Gasteiger partial charge is 0.138 e. The van der Waals surface area contributed by atoms with Crippen molar-refractivity contribution in [2.24, 2.45) is 0 Å². The summed E-state index contributed by atoms with van der Waals surface area (Å²) in [5.41, 5.74) is 2.23. The van der Waals surface area contributed by atoms with Crippen molar-refractivity contribution < 1.29 is 0 Å². The topological polar surface area (TPSA) is 50.7 Å². The molecule has 3 heterocycles. The van der Waals surface area contributed by atoms with Crippen LogP contribution in [-0.4, -0.2) is 15.0 Å². The molecule has 0 atom stereocenters. The first-order valence-electron chi connectivity index (χ1n) is 7.25. The van der Waals surface area contributed by atoms with Crippen LogP contribution in [0.3, 0.4) is 0 Å². The van der Waals surface area contributed by atoms with Gasteiger partial charge in [0, 0.05) is 10.4 Å². The molecule has 0 aliphatic rings. The maximum Gasteiger partial charge on any atom is 0.138 e. The number of thiazole rings is 1. The Hall–Kier alpha value is -2.31. The van der Waals surface area contributed by atoms with E-state index in [0.29, 0.717) is 0 Å². The lowest BCUT2D eigenvalue weighted by atomic mass is 10.2. The number of hydrogen-bond donors (Lipinski definition) is 1. The Morgan fingerprint density at radius 2 is 1.96 bits per heavy atom. The van der Waals surface area contributed by atoms with Gasteiger partial charge in [0.2, 0.25) is 0 Å². The third-order valence-electron chi connectivity index (χ3n) is 3.59. The molecule has 0 bridgehead atoms. The van der Waals surface area contributed by atoms with Gasteiger partial charge >= 0.3 is 0 Å². The number of hydrogen-bond acceptors (Lipinski definition) is 6. The Morgan fingerprint density at radius 1 is 1.09 bits per heavy atom. The van der Waals surface area contributed by atoms with Crippen LogP contribution in [0.4, 0.5) is 5.82 Å². The lowest BCUT2D eigenvalue weighted by molar-refractivity contribution is 1.09. The highest BCUT2D eigenvalue weighted by Gasteiger charge is 2.10. The second-order valence-corrected chi connectivity index (χ2v) is 7.09. The van der Waals surface area contributed by atoms with E-state index < -0.39 is 0 Å². The van der Waals surface area contributed by atoms with Crippen molar-refractivity contribution in [2.75, 3.05) is 5.32 Å². The van der Waals surface area contributed by atoms with E-state index in [4.69, 9.17) is 4.98 Å². The highest BCUT2D eigenvalue weighted by molar-refractivity contribution is 7.16. The van der Waals surface area contributed by atoms with E-state index in [-0.39, 0.29) is 0 Å². The minimum atomic E-state index is 0.721. The van der Waals surface area contributed by atoms with Crippen LogP contribution in [0.25, 0.3) is 20.8 Å². The number of nitrogens with zero attached hydrogens (tertiary/aromatic N) is 3. The van der Waals surface area contributed by atoms with Crippen molar-refractivity contribution in [1.29, 1.82) is 0 Å². The molecule has 3 aromatic heterocycles. The average molecular weight is 338 g/mol. The summed E-state index contributed by atoms with van der Waals surface area (Å²) < 4.78 is 0. The number of benzene rings is 1. The third-order valence-corrected chi connectivity index (χ3v) is 5.62. The van der Waals surface area contributed by atoms with Crippen LogP contribution in [0.5, 0.6) is 0 Å². The summed E-state index contributed by atoms with van der Waals surface area (Å²) in [6.07, 6.45) is 1.61. The Labute approximate surface area is 141 Å². The van der Waals surface area contributed by atoms with Gasteiger partial charge in [-0.3, -0.25) is 0 Å². The SMILES string of the molecule is Cc1nc(-c2ccccc2)sc1CNc1ncnc2sccc12. The van der Waals surface area contributed by atoms with Crippen LogP contribution in [-0.2, 0) is 6.54 Å². The number of aryl methyl sites for hydroxylation is 1. The largest absolute Gasteiger partial charge is 0.364 e. The number of fused-ring (bicyclic) bond motifs is 1. The standard InChI is InChI=1S/C17H14N4S2/c1-11-14(23-16(21-11)12-5-3-2-4-6-12)9-18-15-13-7-8-22-17(13)20-10-19-15/h2-8,10H,9H2,1H3,(H,18,19,20). The molecule has 0 amide bonds. The Bertz CT molecular complexity index is 944. The predicted octanol–water partition coefficient (Wildman–Crippen LogP) is 4.74. The molecule has 4 aromatic rings. The minimum Gasteiger partial charge on any atom is -0.364 e. The number of thiophene rings is 1. The maximum atomic E-state index is 4.69. The van der Waals surface area contributed by atoms with Crippen LogP contribution >= 0.6 is 22.7 Å². The molecule has 0 spiro atoms. The Kier molecular flexibility index (Phi) is 3.77. The molecule has 4 rings (SSSR count).